The van der Waals surface area contributed by atoms with Crippen molar-refractivity contribution in [3.05, 3.63) is 22.8 Å². The minimum atomic E-state index is 0.474. The zero-order chi connectivity index (χ0) is 11.3. The Balaban J connectivity index is 2.61. The lowest BCUT2D eigenvalue weighted by Gasteiger charge is -2.22. The van der Waals surface area contributed by atoms with Crippen LogP contribution in [0.3, 0.4) is 0 Å². The predicted octanol–water partition coefficient (Wildman–Crippen LogP) is 4.08. The third-order valence-corrected chi connectivity index (χ3v) is 3.29. The van der Waals surface area contributed by atoms with Crippen molar-refractivity contribution in [1.29, 1.82) is 0 Å². The van der Waals surface area contributed by atoms with Crippen molar-refractivity contribution in [3.63, 3.8) is 0 Å². The summed E-state index contributed by atoms with van der Waals surface area (Å²) < 4.78 is 0.879. The van der Waals surface area contributed by atoms with E-state index in [0.29, 0.717) is 12.0 Å². The highest BCUT2D eigenvalue weighted by atomic mass is 79.9. The van der Waals surface area contributed by atoms with Crippen LogP contribution in [0, 0.1) is 5.92 Å². The highest BCUT2D eigenvalue weighted by molar-refractivity contribution is 9.10. The minimum Gasteiger partial charge on any atom is -0.367 e. The molecule has 0 aliphatic heterocycles. The number of nitrogens with one attached hydrogen (secondary N) is 1. The highest BCUT2D eigenvalue weighted by Gasteiger charge is 2.13. The molecule has 0 spiro atoms. The summed E-state index contributed by atoms with van der Waals surface area (Å²) in [6.45, 7) is 6.70. The standard InChI is InChI=1S/C12H19BrN2/c1-4-10(5-2)9(3)14-12-8-6-7-11(13)15-12/h6-10H,4-5H2,1-3H3,(H,14,15). The molecule has 1 rings (SSSR count). The van der Waals surface area contributed by atoms with Crippen molar-refractivity contribution in [1.82, 2.24) is 4.98 Å². The van der Waals surface area contributed by atoms with Gasteiger partial charge >= 0.3 is 0 Å². The van der Waals surface area contributed by atoms with Crippen molar-refractivity contribution in [2.45, 2.75) is 39.7 Å². The molecule has 0 fully saturated rings. The number of halogens is 1. The Hall–Kier alpha value is -0.570. The molecule has 1 atom stereocenters. The molecule has 15 heavy (non-hydrogen) atoms. The summed E-state index contributed by atoms with van der Waals surface area (Å²) in [4.78, 5) is 4.37. The van der Waals surface area contributed by atoms with E-state index < -0.39 is 0 Å². The zero-order valence-electron chi connectivity index (χ0n) is 9.63. The molecular formula is C12H19BrN2. The van der Waals surface area contributed by atoms with E-state index >= 15 is 0 Å². The van der Waals surface area contributed by atoms with Crippen molar-refractivity contribution >= 4 is 21.7 Å². The van der Waals surface area contributed by atoms with Crippen LogP contribution >= 0.6 is 15.9 Å². The van der Waals surface area contributed by atoms with Gasteiger partial charge in [-0.25, -0.2) is 4.98 Å². The van der Waals surface area contributed by atoms with Gasteiger partial charge in [-0.2, -0.15) is 0 Å². The van der Waals surface area contributed by atoms with E-state index in [1.54, 1.807) is 0 Å². The van der Waals surface area contributed by atoms with Crippen LogP contribution in [0.4, 0.5) is 5.82 Å². The van der Waals surface area contributed by atoms with Gasteiger partial charge in [0.2, 0.25) is 0 Å². The van der Waals surface area contributed by atoms with Crippen LogP contribution < -0.4 is 5.32 Å². The largest absolute Gasteiger partial charge is 0.367 e. The number of rotatable bonds is 5. The van der Waals surface area contributed by atoms with Gasteiger partial charge in [-0.15, -0.1) is 0 Å². The summed E-state index contributed by atoms with van der Waals surface area (Å²) in [5.74, 6) is 1.66. The van der Waals surface area contributed by atoms with Gasteiger partial charge in [0.1, 0.15) is 10.4 Å². The first-order valence-electron chi connectivity index (χ1n) is 5.56. The smallest absolute Gasteiger partial charge is 0.127 e. The number of nitrogens with zero attached hydrogens (tertiary/aromatic N) is 1. The van der Waals surface area contributed by atoms with E-state index in [9.17, 15) is 0 Å². The van der Waals surface area contributed by atoms with Gasteiger partial charge in [-0.3, -0.25) is 0 Å². The molecule has 0 radical (unpaired) electrons. The van der Waals surface area contributed by atoms with Crippen LogP contribution in [0.25, 0.3) is 0 Å². The lowest BCUT2D eigenvalue weighted by molar-refractivity contribution is 0.437. The molecule has 0 saturated carbocycles. The van der Waals surface area contributed by atoms with Crippen LogP contribution in [0.1, 0.15) is 33.6 Å². The summed E-state index contributed by atoms with van der Waals surface area (Å²) in [5, 5.41) is 3.44. The Morgan fingerprint density at radius 1 is 1.33 bits per heavy atom. The topological polar surface area (TPSA) is 24.9 Å². The number of pyridine rings is 1. The number of anilines is 1. The molecule has 0 aliphatic carbocycles. The van der Waals surface area contributed by atoms with E-state index in [-0.39, 0.29) is 0 Å². The molecule has 1 N–H and O–H groups in total. The third-order valence-electron chi connectivity index (χ3n) is 2.85. The van der Waals surface area contributed by atoms with Crippen molar-refractivity contribution in [2.24, 2.45) is 5.92 Å². The molecule has 3 heteroatoms. The maximum atomic E-state index is 4.37. The van der Waals surface area contributed by atoms with Crippen LogP contribution in [-0.2, 0) is 0 Å². The Labute approximate surface area is 101 Å². The molecule has 1 aromatic heterocycles. The molecule has 0 bridgehead atoms. The van der Waals surface area contributed by atoms with Gasteiger partial charge in [0, 0.05) is 6.04 Å². The maximum Gasteiger partial charge on any atom is 0.127 e. The Kier molecular flexibility index (Phi) is 5.09. The Bertz CT molecular complexity index is 297. The van der Waals surface area contributed by atoms with Gasteiger partial charge in [-0.1, -0.05) is 32.8 Å². The molecule has 0 amide bonds. The van der Waals surface area contributed by atoms with E-state index in [1.165, 1.54) is 12.8 Å². The first-order chi connectivity index (χ1) is 7.17. The highest BCUT2D eigenvalue weighted by Crippen LogP contribution is 2.18. The average Bonchev–Trinajstić information content (AvgIpc) is 2.19. The fourth-order valence-corrected chi connectivity index (χ4v) is 2.18. The second-order valence-corrected chi connectivity index (χ2v) is 4.67. The maximum absolute atomic E-state index is 4.37. The van der Waals surface area contributed by atoms with Gasteiger partial charge < -0.3 is 5.32 Å². The van der Waals surface area contributed by atoms with E-state index in [0.717, 1.165) is 10.4 Å². The molecule has 1 aromatic rings. The second-order valence-electron chi connectivity index (χ2n) is 3.86. The summed E-state index contributed by atoms with van der Waals surface area (Å²) in [5.41, 5.74) is 0. The average molecular weight is 271 g/mol. The first-order valence-corrected chi connectivity index (χ1v) is 6.35. The van der Waals surface area contributed by atoms with Crippen LogP contribution in [0.5, 0.6) is 0 Å². The quantitative estimate of drug-likeness (QED) is 0.816. The molecule has 0 aliphatic rings. The molecule has 0 aromatic carbocycles. The van der Waals surface area contributed by atoms with E-state index in [2.05, 4.69) is 47.0 Å². The van der Waals surface area contributed by atoms with Gasteiger partial charge in [0.15, 0.2) is 0 Å². The SMILES string of the molecule is CCC(CC)C(C)Nc1cccc(Br)n1. The molecule has 1 heterocycles. The van der Waals surface area contributed by atoms with Gasteiger partial charge in [0.05, 0.1) is 0 Å². The normalized spacial score (nSPS) is 12.9. The lowest BCUT2D eigenvalue weighted by atomic mass is 9.95. The van der Waals surface area contributed by atoms with Crippen LogP contribution in [0.15, 0.2) is 22.8 Å². The van der Waals surface area contributed by atoms with E-state index in [4.69, 9.17) is 0 Å². The number of aromatic nitrogens is 1. The Morgan fingerprint density at radius 3 is 2.53 bits per heavy atom. The van der Waals surface area contributed by atoms with Crippen molar-refractivity contribution in [3.8, 4) is 0 Å². The predicted molar refractivity (Wildman–Crippen MR) is 69.1 cm³/mol. The van der Waals surface area contributed by atoms with Crippen molar-refractivity contribution in [2.75, 3.05) is 5.32 Å². The van der Waals surface area contributed by atoms with Crippen LogP contribution in [-0.4, -0.2) is 11.0 Å². The molecule has 84 valence electrons. The molecular weight excluding hydrogens is 252 g/mol. The fraction of sp³-hybridized carbons (Fsp3) is 0.583. The lowest BCUT2D eigenvalue weighted by Crippen LogP contribution is -2.25. The fourth-order valence-electron chi connectivity index (χ4n) is 1.84. The van der Waals surface area contributed by atoms with Gasteiger partial charge in [-0.05, 0) is 40.9 Å². The number of hydrogen-bond donors (Lipinski definition) is 1. The van der Waals surface area contributed by atoms with Crippen molar-refractivity contribution < 1.29 is 0 Å². The van der Waals surface area contributed by atoms with Crippen LogP contribution in [0.2, 0.25) is 0 Å². The second kappa shape index (κ2) is 6.11. The first kappa shape index (κ1) is 12.5. The molecule has 1 unspecified atom stereocenters. The summed E-state index contributed by atoms with van der Waals surface area (Å²) in [6.07, 6.45) is 2.41. The Morgan fingerprint density at radius 2 is 2.00 bits per heavy atom. The zero-order valence-corrected chi connectivity index (χ0v) is 11.2. The minimum absolute atomic E-state index is 0.474. The molecule has 0 saturated heterocycles. The molecule has 2 nitrogen and oxygen atoms in total. The van der Waals surface area contributed by atoms with Gasteiger partial charge in [0.25, 0.3) is 0 Å². The monoisotopic (exact) mass is 270 g/mol. The summed E-state index contributed by atoms with van der Waals surface area (Å²) >= 11 is 3.37. The number of hydrogen-bond acceptors (Lipinski definition) is 2. The summed E-state index contributed by atoms with van der Waals surface area (Å²) in [7, 11) is 0. The third kappa shape index (κ3) is 3.82. The van der Waals surface area contributed by atoms with E-state index in [1.807, 2.05) is 18.2 Å². The summed E-state index contributed by atoms with van der Waals surface area (Å²) in [6, 6.07) is 6.41.